The van der Waals surface area contributed by atoms with E-state index < -0.39 is 5.97 Å². The molecule has 1 aromatic carbocycles. The molecule has 1 aliphatic rings. The number of aliphatic carboxylic acids is 1. The van der Waals surface area contributed by atoms with Crippen LogP contribution >= 0.6 is 11.6 Å². The van der Waals surface area contributed by atoms with Crippen molar-refractivity contribution < 1.29 is 9.90 Å². The predicted octanol–water partition coefficient (Wildman–Crippen LogP) is 1.81. The molecule has 1 fully saturated rings. The normalized spacial score (nSPS) is 15.9. The zero-order valence-corrected chi connectivity index (χ0v) is 11.8. The molecule has 0 saturated carbocycles. The minimum Gasteiger partial charge on any atom is -0.481 e. The number of benzene rings is 1. The third kappa shape index (κ3) is 3.62. The average Bonchev–Trinajstić information content (AvgIpc) is 2.45. The summed E-state index contributed by atoms with van der Waals surface area (Å²) in [6, 6.07) is 7.44. The van der Waals surface area contributed by atoms with Crippen LogP contribution in [0.5, 0.6) is 0 Å². The van der Waals surface area contributed by atoms with Crippen molar-refractivity contribution in [2.75, 3.05) is 37.6 Å². The number of carbonyl (C=O) groups is 1. The molecule has 0 bridgehead atoms. The fourth-order valence-corrected chi connectivity index (χ4v) is 2.49. The molecule has 0 unspecified atom stereocenters. The minimum absolute atomic E-state index is 0.167. The largest absolute Gasteiger partial charge is 0.481 e. The monoisotopic (exact) mass is 293 g/mol. The van der Waals surface area contributed by atoms with E-state index in [2.05, 4.69) is 15.9 Å². The molecule has 2 rings (SSSR count). The lowest BCUT2D eigenvalue weighted by molar-refractivity contribution is -0.137. The van der Waals surface area contributed by atoms with Crippen LogP contribution in [0.1, 0.15) is 12.0 Å². The van der Waals surface area contributed by atoms with Gasteiger partial charge in [0.1, 0.15) is 6.07 Å². The molecular formula is C14H16ClN3O2. The third-order valence-corrected chi connectivity index (χ3v) is 3.67. The molecule has 6 heteroatoms. The number of halogens is 1. The first-order valence-corrected chi connectivity index (χ1v) is 6.86. The van der Waals surface area contributed by atoms with Crippen molar-refractivity contribution in [3.63, 3.8) is 0 Å². The lowest BCUT2D eigenvalue weighted by atomic mass is 10.1. The summed E-state index contributed by atoms with van der Waals surface area (Å²) >= 11 is 5.99. The smallest absolute Gasteiger partial charge is 0.304 e. The van der Waals surface area contributed by atoms with Crippen LogP contribution in [0.2, 0.25) is 5.02 Å². The van der Waals surface area contributed by atoms with Crippen molar-refractivity contribution in [2.45, 2.75) is 6.42 Å². The van der Waals surface area contributed by atoms with Gasteiger partial charge in [0.15, 0.2) is 0 Å². The van der Waals surface area contributed by atoms with E-state index in [0.29, 0.717) is 17.1 Å². The molecular weight excluding hydrogens is 278 g/mol. The van der Waals surface area contributed by atoms with Crippen LogP contribution in [0.3, 0.4) is 0 Å². The fourth-order valence-electron chi connectivity index (χ4n) is 2.33. The Labute approximate surface area is 123 Å². The molecule has 1 saturated heterocycles. The number of anilines is 1. The standard InChI is InChI=1S/C14H16ClN3O2/c15-12-2-1-11(10-16)13(9-12)18-7-5-17(6-8-18)4-3-14(19)20/h1-2,9H,3-8H2,(H,19,20). The van der Waals surface area contributed by atoms with Gasteiger partial charge in [0, 0.05) is 37.7 Å². The number of rotatable bonds is 4. The highest BCUT2D eigenvalue weighted by Crippen LogP contribution is 2.25. The quantitative estimate of drug-likeness (QED) is 0.917. The summed E-state index contributed by atoms with van der Waals surface area (Å²) in [4.78, 5) is 14.8. The molecule has 0 radical (unpaired) electrons. The summed E-state index contributed by atoms with van der Waals surface area (Å²) in [6.07, 6.45) is 0.167. The van der Waals surface area contributed by atoms with E-state index >= 15 is 0 Å². The van der Waals surface area contributed by atoms with Crippen LogP contribution in [-0.4, -0.2) is 48.7 Å². The zero-order valence-electron chi connectivity index (χ0n) is 11.0. The first-order valence-electron chi connectivity index (χ1n) is 6.49. The maximum atomic E-state index is 10.6. The van der Waals surface area contributed by atoms with Gasteiger partial charge in [-0.2, -0.15) is 5.26 Å². The van der Waals surface area contributed by atoms with Gasteiger partial charge in [-0.3, -0.25) is 9.69 Å². The Morgan fingerprint density at radius 1 is 1.35 bits per heavy atom. The molecule has 0 amide bonds. The average molecular weight is 294 g/mol. The van der Waals surface area contributed by atoms with Crippen LogP contribution in [-0.2, 0) is 4.79 Å². The van der Waals surface area contributed by atoms with E-state index in [1.165, 1.54) is 0 Å². The van der Waals surface area contributed by atoms with E-state index in [1.54, 1.807) is 12.1 Å². The zero-order chi connectivity index (χ0) is 14.5. The van der Waals surface area contributed by atoms with E-state index in [-0.39, 0.29) is 6.42 Å². The molecule has 1 N–H and O–H groups in total. The van der Waals surface area contributed by atoms with Gasteiger partial charge < -0.3 is 10.0 Å². The van der Waals surface area contributed by atoms with E-state index in [4.69, 9.17) is 22.0 Å². The molecule has 0 aromatic heterocycles. The Morgan fingerprint density at radius 2 is 2.05 bits per heavy atom. The van der Waals surface area contributed by atoms with Gasteiger partial charge in [0.2, 0.25) is 0 Å². The van der Waals surface area contributed by atoms with E-state index in [0.717, 1.165) is 31.9 Å². The number of nitriles is 1. The lowest BCUT2D eigenvalue weighted by Gasteiger charge is -2.36. The molecule has 1 heterocycles. The van der Waals surface area contributed by atoms with Gasteiger partial charge in [-0.15, -0.1) is 0 Å². The van der Waals surface area contributed by atoms with Crippen LogP contribution in [0.4, 0.5) is 5.69 Å². The van der Waals surface area contributed by atoms with Gasteiger partial charge in [-0.1, -0.05) is 11.6 Å². The highest BCUT2D eigenvalue weighted by molar-refractivity contribution is 6.30. The Hall–Kier alpha value is -1.77. The van der Waals surface area contributed by atoms with E-state index in [9.17, 15) is 4.79 Å². The number of nitrogens with zero attached hydrogens (tertiary/aromatic N) is 3. The molecule has 0 aliphatic carbocycles. The van der Waals surface area contributed by atoms with Crippen LogP contribution in [0.15, 0.2) is 18.2 Å². The van der Waals surface area contributed by atoms with Crippen molar-refractivity contribution >= 4 is 23.3 Å². The maximum Gasteiger partial charge on any atom is 0.304 e. The Kier molecular flexibility index (Phi) is 4.83. The summed E-state index contributed by atoms with van der Waals surface area (Å²) in [5.74, 6) is -0.769. The predicted molar refractivity (Wildman–Crippen MR) is 77.1 cm³/mol. The fraction of sp³-hybridized carbons (Fsp3) is 0.429. The molecule has 1 aromatic rings. The highest BCUT2D eigenvalue weighted by atomic mass is 35.5. The molecule has 5 nitrogen and oxygen atoms in total. The van der Waals surface area contributed by atoms with Crippen molar-refractivity contribution in [1.29, 1.82) is 5.26 Å². The molecule has 0 atom stereocenters. The van der Waals surface area contributed by atoms with Crippen molar-refractivity contribution in [3.05, 3.63) is 28.8 Å². The summed E-state index contributed by atoms with van der Waals surface area (Å²) < 4.78 is 0. The second-order valence-electron chi connectivity index (χ2n) is 4.75. The summed E-state index contributed by atoms with van der Waals surface area (Å²) in [6.45, 7) is 3.71. The number of hydrogen-bond acceptors (Lipinski definition) is 4. The van der Waals surface area contributed by atoms with Crippen molar-refractivity contribution in [1.82, 2.24) is 4.90 Å². The van der Waals surface area contributed by atoms with Gasteiger partial charge in [0.05, 0.1) is 17.7 Å². The van der Waals surface area contributed by atoms with Crippen LogP contribution in [0.25, 0.3) is 0 Å². The molecule has 106 valence electrons. The first kappa shape index (κ1) is 14.6. The summed E-state index contributed by atoms with van der Waals surface area (Å²) in [5.41, 5.74) is 1.48. The number of hydrogen-bond donors (Lipinski definition) is 1. The molecule has 0 spiro atoms. The van der Waals surface area contributed by atoms with Gasteiger partial charge >= 0.3 is 5.97 Å². The first-order chi connectivity index (χ1) is 9.60. The van der Waals surface area contributed by atoms with Gasteiger partial charge in [-0.25, -0.2) is 0 Å². The van der Waals surface area contributed by atoms with Crippen LogP contribution in [0, 0.1) is 11.3 Å². The van der Waals surface area contributed by atoms with E-state index in [1.807, 2.05) is 6.07 Å². The number of carboxylic acids is 1. The van der Waals surface area contributed by atoms with Gasteiger partial charge in [0.25, 0.3) is 0 Å². The maximum absolute atomic E-state index is 10.6. The minimum atomic E-state index is -0.769. The Morgan fingerprint density at radius 3 is 2.65 bits per heavy atom. The number of piperazine rings is 1. The number of carboxylic acid groups (broad SMARTS) is 1. The highest BCUT2D eigenvalue weighted by Gasteiger charge is 2.19. The Bertz CT molecular complexity index is 534. The second kappa shape index (κ2) is 6.60. The van der Waals surface area contributed by atoms with Crippen LogP contribution < -0.4 is 4.90 Å². The van der Waals surface area contributed by atoms with Crippen molar-refractivity contribution in [2.24, 2.45) is 0 Å². The topological polar surface area (TPSA) is 67.6 Å². The third-order valence-electron chi connectivity index (χ3n) is 3.44. The van der Waals surface area contributed by atoms with Gasteiger partial charge in [-0.05, 0) is 18.2 Å². The second-order valence-corrected chi connectivity index (χ2v) is 5.18. The molecule has 1 aliphatic heterocycles. The SMILES string of the molecule is N#Cc1ccc(Cl)cc1N1CCN(CCC(=O)O)CC1. The van der Waals surface area contributed by atoms with Crippen molar-refractivity contribution in [3.8, 4) is 6.07 Å². The Balaban J connectivity index is 1.99. The summed E-state index contributed by atoms with van der Waals surface area (Å²) in [7, 11) is 0. The summed E-state index contributed by atoms with van der Waals surface area (Å²) in [5, 5.41) is 18.4. The lowest BCUT2D eigenvalue weighted by Crippen LogP contribution is -2.47. The molecule has 20 heavy (non-hydrogen) atoms.